The van der Waals surface area contributed by atoms with Crippen molar-refractivity contribution in [1.82, 2.24) is 62.6 Å². The highest BCUT2D eigenvalue weighted by molar-refractivity contribution is 5.90. The maximum Gasteiger partial charge on any atom is 0.318 e. The lowest BCUT2D eigenvalue weighted by atomic mass is 9.92. The fourth-order valence-corrected chi connectivity index (χ4v) is 15.3. The number of benzene rings is 9. The fraction of sp³-hybridized carbons (Fsp3) is 0.447. The van der Waals surface area contributed by atoms with Crippen LogP contribution in [-0.4, -0.2) is 215 Å². The topological polar surface area (TPSA) is 360 Å². The van der Waals surface area contributed by atoms with E-state index in [0.29, 0.717) is 29.2 Å². The first-order chi connectivity index (χ1) is 79.5. The first-order valence-corrected chi connectivity index (χ1v) is 45.1. The van der Waals surface area contributed by atoms with Crippen LogP contribution in [0, 0.1) is 59.0 Å². The van der Waals surface area contributed by atoms with Crippen molar-refractivity contribution in [2.24, 2.45) is 17.8 Å². The van der Waals surface area contributed by atoms with Gasteiger partial charge in [-0.15, -0.1) is 0 Å². The van der Waals surface area contributed by atoms with Crippen LogP contribution in [0.5, 0.6) is 17.2 Å². The molecular weight excluding hydrogens is 1780 g/mol. The van der Waals surface area contributed by atoms with E-state index in [1.165, 1.54) is 130 Å². The SMILES string of the molecule is C.C.C.[2H]C([2H])([2H])c1cccc(C([2H])([2H])[2H])c1OCC(=O)N[C@H]([C@@H](O)C[C@@H](NC(=O)[C@H](C(C)C)N1CCCNC1=O)C([2H])([2H])c1ccccc1)C([2H])([2H])c1ccccc1.[2H]C([2H])([2H])c1cccc(C([2H])([2H])[2H])c1OCC(=O)N[C@H]([C@@H](O)C[C@H](Cc1ccccc1)NC(=O)[C@H](C(C)C)N1C(=O)NC([2H])([2H])C([2H])([2H])C1([2H])[2H])C([2H])([2H])c1ccccc1.[2H]C([2H])(c1ccccc1)[C@H](NC(=O)COc1c(C)cccc1C)[C@@H](O)C[C@@H](NC(=O)[C@H](C(C)C)N1C(=O)NC([2H])([2H])C([2H])([2H])C1([2H])[2H])C([2H])([2H])c1ccccc1. The van der Waals surface area contributed by atoms with E-state index in [1.807, 2.05) is 11.4 Å². The number of aryl methyl sites for hydroxylation is 6. The summed E-state index contributed by atoms with van der Waals surface area (Å²) in [4.78, 5) is 124. The Bertz CT molecular complexity index is 6870. The standard InChI is InChI=1S/3C37H48N4O5.3CH4/c3*1-25(2)34(41-20-12-19-38-37(41)45)36(44)39-30(21-28-15-7-5-8-16-28)23-32(42)31(22-29-17-9-6-10-18-29)40-33(43)24-46-35-26(3)13-11-14-27(35)4;;;/h3*5-11,13-18,25,30-32,34,42H,12,19-24H2,1-4H3,(H,38,45)(H,39,44)(H,40,43);3*1H4/t3*30-,31-,32-,34-;;;/m000.../s1/i3D3,4D3,12D2,19D2,20D2,22D2;12D2,19D2,20D2,21D2,22D2;3D3,4D3,21D2,22D2;;;. The summed E-state index contributed by atoms with van der Waals surface area (Å²) in [7, 11) is 0. The van der Waals surface area contributed by atoms with Crippen LogP contribution >= 0.6 is 0 Å². The van der Waals surface area contributed by atoms with Crippen molar-refractivity contribution in [2.45, 2.75) is 254 Å². The molecule has 0 spiro atoms. The number of rotatable bonds is 45. The summed E-state index contributed by atoms with van der Waals surface area (Å²) in [5, 5.41) is 57.4. The summed E-state index contributed by atoms with van der Waals surface area (Å²) in [6.45, 7) is -13.4. The highest BCUT2D eigenvalue weighted by Gasteiger charge is 2.40. The smallest absolute Gasteiger partial charge is 0.318 e. The Labute approximate surface area is 884 Å². The number of nitrogens with one attached hydrogen (secondary N) is 9. The van der Waals surface area contributed by atoms with Crippen LogP contribution < -0.4 is 62.1 Å². The van der Waals surface area contributed by atoms with Crippen LogP contribution in [-0.2, 0) is 67.1 Å². The van der Waals surface area contributed by atoms with Gasteiger partial charge in [-0.3, -0.25) is 28.8 Å². The number of para-hydroxylation sites is 3. The van der Waals surface area contributed by atoms with Gasteiger partial charge in [-0.25, -0.2) is 14.4 Å². The average molecular weight is 1970 g/mol. The molecule has 0 aliphatic carbocycles. The summed E-state index contributed by atoms with van der Waals surface area (Å²) < 4.78 is 302. The first-order valence-electron chi connectivity index (χ1n) is 62.1. The Kier molecular flexibility index (Phi) is 30.5. The molecule has 27 heteroatoms. The molecule has 3 aliphatic heterocycles. The van der Waals surface area contributed by atoms with Crippen LogP contribution in [0.3, 0.4) is 0 Å². The number of nitrogens with zero attached hydrogens (tertiary/aromatic N) is 3. The van der Waals surface area contributed by atoms with Gasteiger partial charge in [0, 0.05) is 104 Å². The fourth-order valence-electron chi connectivity index (χ4n) is 15.3. The first kappa shape index (κ1) is 73.1. The molecule has 3 aliphatic rings. The van der Waals surface area contributed by atoms with Crippen molar-refractivity contribution in [3.8, 4) is 17.2 Å². The maximum absolute atomic E-state index is 14.3. The van der Waals surface area contributed by atoms with Gasteiger partial charge in [-0.05, 0) is 202 Å². The van der Waals surface area contributed by atoms with E-state index < -0.39 is 315 Å². The van der Waals surface area contributed by atoms with Gasteiger partial charge in [0.2, 0.25) is 17.7 Å². The van der Waals surface area contributed by atoms with Crippen molar-refractivity contribution < 1.29 is 119 Å². The van der Waals surface area contributed by atoms with Crippen LogP contribution in [0.4, 0.5) is 14.4 Å². The number of hydrogen-bond donors (Lipinski definition) is 12. The van der Waals surface area contributed by atoms with Gasteiger partial charge in [0.25, 0.3) is 17.7 Å². The predicted molar refractivity (Wildman–Crippen MR) is 559 cm³/mol. The Hall–Kier alpha value is -13.1. The zero-order chi connectivity index (χ0) is 129. The number of amides is 12. The van der Waals surface area contributed by atoms with E-state index in [1.54, 1.807) is 142 Å². The molecule has 0 unspecified atom stereocenters. The lowest BCUT2D eigenvalue weighted by molar-refractivity contribution is -0.129. The second-order valence-corrected chi connectivity index (χ2v) is 33.7. The number of carbonyl (C=O) groups is 9. The largest absolute Gasteiger partial charge is 0.483 e. The van der Waals surface area contributed by atoms with Crippen LogP contribution in [0.1, 0.15) is 216 Å². The molecule has 141 heavy (non-hydrogen) atoms. The molecule has 12 N–H and O–H groups in total. The molecule has 27 nitrogen and oxygen atoms in total. The molecule has 0 saturated carbocycles. The van der Waals surface area contributed by atoms with E-state index in [2.05, 4.69) is 37.2 Å². The molecule has 12 rings (SSSR count). The second kappa shape index (κ2) is 58.8. The summed E-state index contributed by atoms with van der Waals surface area (Å²) >= 11 is 0. The molecule has 762 valence electrons. The van der Waals surface area contributed by atoms with Crippen molar-refractivity contribution in [3.05, 3.63) is 303 Å². The van der Waals surface area contributed by atoms with E-state index in [-0.39, 0.29) is 68.0 Å². The number of carbonyl (C=O) groups excluding carboxylic acids is 9. The Morgan fingerprint density at radius 3 is 0.936 bits per heavy atom. The van der Waals surface area contributed by atoms with Crippen LogP contribution in [0.25, 0.3) is 0 Å². The molecule has 0 radical (unpaired) electrons. The third-order valence-corrected chi connectivity index (χ3v) is 21.8. The predicted octanol–water partition coefficient (Wildman–Crippen LogP) is 14.9. The molecule has 9 aromatic carbocycles. The van der Waals surface area contributed by atoms with Crippen LogP contribution in [0.15, 0.2) is 237 Å². The van der Waals surface area contributed by atoms with E-state index in [0.717, 1.165) is 35.4 Å². The summed E-state index contributed by atoms with van der Waals surface area (Å²) in [5.41, 5.74) is 0.513. The maximum atomic E-state index is 14.3. The summed E-state index contributed by atoms with van der Waals surface area (Å²) in [6.07, 6.45) is -26.2. The Morgan fingerprint density at radius 2 is 0.631 bits per heavy atom. The number of urea groups is 3. The highest BCUT2D eigenvalue weighted by Crippen LogP contribution is 2.29. The molecule has 12 atom stereocenters. The second-order valence-electron chi connectivity index (χ2n) is 33.7. The summed E-state index contributed by atoms with van der Waals surface area (Å²) in [6, 6.07) is 41.4. The lowest BCUT2D eigenvalue weighted by Gasteiger charge is -2.37. The van der Waals surface area contributed by atoms with Gasteiger partial charge < -0.3 is 92.1 Å². The quantitative estimate of drug-likeness (QED) is 0.0169. The highest BCUT2D eigenvalue weighted by atomic mass is 16.5. The number of aliphatic hydroxyl groups excluding tert-OH is 3. The summed E-state index contributed by atoms with van der Waals surface area (Å²) in [5.74, 6) is -8.76. The normalized spacial score (nSPS) is 22.0. The van der Waals surface area contributed by atoms with E-state index >= 15 is 0 Å². The van der Waals surface area contributed by atoms with Crippen LogP contribution in [0.2, 0.25) is 0 Å². The third kappa shape index (κ3) is 36.5. The van der Waals surface area contributed by atoms with Gasteiger partial charge >= 0.3 is 18.1 Å². The minimum atomic E-state index is -3.39. The zero-order valence-corrected chi connectivity index (χ0v) is 77.8. The average Bonchev–Trinajstić information content (AvgIpc) is 0.714. The molecule has 3 saturated heterocycles. The molecule has 12 amide bonds. The van der Waals surface area contributed by atoms with Gasteiger partial charge in [0.1, 0.15) is 35.4 Å². The van der Waals surface area contributed by atoms with Gasteiger partial charge in [-0.1, -0.05) is 300 Å². The molecular formula is C114H156N12O15. The monoisotopic (exact) mass is 1970 g/mol. The van der Waals surface area contributed by atoms with Crippen molar-refractivity contribution in [2.75, 3.05) is 58.9 Å². The van der Waals surface area contributed by atoms with E-state index in [9.17, 15) is 64.0 Å². The Balaban J connectivity index is 0.000000348. The van der Waals surface area contributed by atoms with Gasteiger partial charge in [0.15, 0.2) is 19.8 Å². The number of hydrogen-bond acceptors (Lipinski definition) is 15. The van der Waals surface area contributed by atoms with E-state index in [4.69, 9.17) is 55.3 Å². The van der Waals surface area contributed by atoms with Gasteiger partial charge in [0.05, 0.1) is 36.4 Å². The van der Waals surface area contributed by atoms with Crippen molar-refractivity contribution >= 4 is 53.5 Å². The molecule has 3 heterocycles. The number of ether oxygens (including phenoxy) is 3. The molecule has 3 fully saturated rings. The zero-order valence-electron chi connectivity index (χ0n) is 112. The minimum absolute atomic E-state index is 0. The van der Waals surface area contributed by atoms with Gasteiger partial charge in [-0.2, -0.15) is 0 Å². The molecule has 0 aromatic heterocycles. The number of aliphatic hydroxyl groups is 3. The Morgan fingerprint density at radius 1 is 0.362 bits per heavy atom. The lowest BCUT2D eigenvalue weighted by Crippen LogP contribution is -2.59. The molecule has 9 aromatic rings. The van der Waals surface area contributed by atoms with Crippen molar-refractivity contribution in [1.29, 1.82) is 0 Å². The minimum Gasteiger partial charge on any atom is -0.483 e. The molecule has 0 bridgehead atoms. The third-order valence-electron chi connectivity index (χ3n) is 21.8. The van der Waals surface area contributed by atoms with Crippen molar-refractivity contribution in [3.63, 3.8) is 0 Å².